The molecule has 0 aliphatic carbocycles. The molecule has 0 spiro atoms. The number of methoxy groups -OCH3 is 1. The fraction of sp³-hybridized carbons (Fsp3) is 0.333. The summed E-state index contributed by atoms with van der Waals surface area (Å²) >= 11 is 0. The van der Waals surface area contributed by atoms with E-state index in [1.807, 2.05) is 35.2 Å². The molecule has 174 valence electrons. The summed E-state index contributed by atoms with van der Waals surface area (Å²) < 4.78 is 31.5. The van der Waals surface area contributed by atoms with Gasteiger partial charge in [-0.05, 0) is 35.7 Å². The Hall–Kier alpha value is -3.33. The minimum absolute atomic E-state index is 0.0387. The topological polar surface area (TPSA) is 102 Å². The SMILES string of the molecule is COc1cccc(N2CCN(c3ncc(S(=O)(=O)c4ccc(C(C)C)cc4)c(N)n3)CC2)c1. The zero-order valence-electron chi connectivity index (χ0n) is 19.1. The first kappa shape index (κ1) is 22.8. The zero-order chi connectivity index (χ0) is 23.6. The van der Waals surface area contributed by atoms with E-state index in [2.05, 4.69) is 34.8 Å². The van der Waals surface area contributed by atoms with Gasteiger partial charge in [-0.15, -0.1) is 0 Å². The van der Waals surface area contributed by atoms with Gasteiger partial charge in [-0.2, -0.15) is 4.98 Å². The van der Waals surface area contributed by atoms with Gasteiger partial charge in [0.2, 0.25) is 15.8 Å². The number of nitrogens with zero attached hydrogens (tertiary/aromatic N) is 4. The molecule has 0 saturated carbocycles. The van der Waals surface area contributed by atoms with Gasteiger partial charge in [0.05, 0.1) is 18.2 Å². The molecule has 0 atom stereocenters. The molecule has 3 aromatic rings. The molecule has 1 aromatic heterocycles. The number of aromatic nitrogens is 2. The van der Waals surface area contributed by atoms with E-state index in [1.165, 1.54) is 6.20 Å². The van der Waals surface area contributed by atoms with E-state index in [4.69, 9.17) is 10.5 Å². The van der Waals surface area contributed by atoms with Crippen LogP contribution in [0, 0.1) is 0 Å². The van der Waals surface area contributed by atoms with Crippen molar-refractivity contribution in [3.63, 3.8) is 0 Å². The Kier molecular flexibility index (Phi) is 6.42. The number of benzene rings is 2. The van der Waals surface area contributed by atoms with E-state index >= 15 is 0 Å². The molecule has 2 aromatic carbocycles. The van der Waals surface area contributed by atoms with E-state index in [0.29, 0.717) is 25.0 Å². The van der Waals surface area contributed by atoms with Gasteiger partial charge in [0.25, 0.3) is 0 Å². The maximum atomic E-state index is 13.1. The van der Waals surface area contributed by atoms with Crippen LogP contribution >= 0.6 is 0 Å². The van der Waals surface area contributed by atoms with Crippen LogP contribution in [-0.4, -0.2) is 51.7 Å². The van der Waals surface area contributed by atoms with Crippen LogP contribution in [0.3, 0.4) is 0 Å². The normalized spacial score (nSPS) is 14.5. The highest BCUT2D eigenvalue weighted by molar-refractivity contribution is 7.91. The van der Waals surface area contributed by atoms with Crippen molar-refractivity contribution >= 4 is 27.3 Å². The van der Waals surface area contributed by atoms with Gasteiger partial charge in [-0.1, -0.05) is 32.0 Å². The van der Waals surface area contributed by atoms with E-state index < -0.39 is 9.84 Å². The molecule has 33 heavy (non-hydrogen) atoms. The molecule has 8 nitrogen and oxygen atoms in total. The second-order valence-corrected chi connectivity index (χ2v) is 10.2. The lowest BCUT2D eigenvalue weighted by molar-refractivity contribution is 0.414. The van der Waals surface area contributed by atoms with Crippen LogP contribution in [0.2, 0.25) is 0 Å². The van der Waals surface area contributed by atoms with Gasteiger partial charge in [0.15, 0.2) is 0 Å². The van der Waals surface area contributed by atoms with Gasteiger partial charge in [-0.3, -0.25) is 0 Å². The first-order chi connectivity index (χ1) is 15.8. The largest absolute Gasteiger partial charge is 0.497 e. The predicted octanol–water partition coefficient (Wildman–Crippen LogP) is 3.35. The number of rotatable bonds is 6. The number of anilines is 3. The van der Waals surface area contributed by atoms with Crippen LogP contribution in [0.5, 0.6) is 5.75 Å². The Bertz CT molecular complexity index is 1220. The number of nitrogens with two attached hydrogens (primary N) is 1. The Morgan fingerprint density at radius 3 is 2.27 bits per heavy atom. The smallest absolute Gasteiger partial charge is 0.227 e. The third-order valence-electron chi connectivity index (χ3n) is 5.90. The molecule has 1 fully saturated rings. The summed E-state index contributed by atoms with van der Waals surface area (Å²) in [5, 5.41) is 0. The van der Waals surface area contributed by atoms with Crippen LogP contribution < -0.4 is 20.3 Å². The zero-order valence-corrected chi connectivity index (χ0v) is 19.9. The van der Waals surface area contributed by atoms with Crippen molar-refractivity contribution in [3.05, 3.63) is 60.3 Å². The molecule has 2 heterocycles. The van der Waals surface area contributed by atoms with E-state index in [-0.39, 0.29) is 15.6 Å². The number of piperazine rings is 1. The van der Waals surface area contributed by atoms with Crippen molar-refractivity contribution in [2.75, 3.05) is 48.8 Å². The molecular formula is C24H29N5O3S. The predicted molar refractivity (Wildman–Crippen MR) is 130 cm³/mol. The maximum Gasteiger partial charge on any atom is 0.227 e. The summed E-state index contributed by atoms with van der Waals surface area (Å²) in [6, 6.07) is 14.8. The van der Waals surface area contributed by atoms with Gasteiger partial charge in [0.1, 0.15) is 16.5 Å². The molecule has 9 heteroatoms. The minimum atomic E-state index is -3.80. The van der Waals surface area contributed by atoms with Crippen LogP contribution in [0.25, 0.3) is 0 Å². The van der Waals surface area contributed by atoms with E-state index in [1.54, 1.807) is 19.2 Å². The molecule has 0 amide bonds. The van der Waals surface area contributed by atoms with Crippen molar-refractivity contribution in [3.8, 4) is 5.75 Å². The number of nitrogen functional groups attached to an aromatic ring is 1. The van der Waals surface area contributed by atoms with Crippen LogP contribution in [0.4, 0.5) is 17.5 Å². The minimum Gasteiger partial charge on any atom is -0.497 e. The highest BCUT2D eigenvalue weighted by atomic mass is 32.2. The van der Waals surface area contributed by atoms with Crippen LogP contribution in [0.1, 0.15) is 25.3 Å². The second kappa shape index (κ2) is 9.27. The fourth-order valence-corrected chi connectivity index (χ4v) is 5.13. The summed E-state index contributed by atoms with van der Waals surface area (Å²) in [4.78, 5) is 13.1. The number of sulfone groups is 1. The molecular weight excluding hydrogens is 438 g/mol. The van der Waals surface area contributed by atoms with Crippen molar-refractivity contribution < 1.29 is 13.2 Å². The molecule has 1 aliphatic heterocycles. The maximum absolute atomic E-state index is 13.1. The Balaban J connectivity index is 1.48. The Morgan fingerprint density at radius 2 is 1.67 bits per heavy atom. The molecule has 0 radical (unpaired) electrons. The molecule has 2 N–H and O–H groups in total. The third-order valence-corrected chi connectivity index (χ3v) is 7.68. The fourth-order valence-electron chi connectivity index (χ4n) is 3.86. The van der Waals surface area contributed by atoms with Crippen molar-refractivity contribution in [2.45, 2.75) is 29.6 Å². The van der Waals surface area contributed by atoms with Crippen molar-refractivity contribution in [1.29, 1.82) is 0 Å². The van der Waals surface area contributed by atoms with E-state index in [9.17, 15) is 8.42 Å². The lowest BCUT2D eigenvalue weighted by Gasteiger charge is -2.36. The van der Waals surface area contributed by atoms with Gasteiger partial charge < -0.3 is 20.3 Å². The lowest BCUT2D eigenvalue weighted by atomic mass is 10.0. The second-order valence-electron chi connectivity index (χ2n) is 8.32. The summed E-state index contributed by atoms with van der Waals surface area (Å²) in [5.74, 6) is 1.54. The monoisotopic (exact) mass is 467 g/mol. The summed E-state index contributed by atoms with van der Waals surface area (Å²) in [6.07, 6.45) is 1.32. The number of hydrogen-bond acceptors (Lipinski definition) is 8. The quantitative estimate of drug-likeness (QED) is 0.589. The lowest BCUT2D eigenvalue weighted by Crippen LogP contribution is -2.47. The highest BCUT2D eigenvalue weighted by Gasteiger charge is 2.25. The Labute approximate surface area is 194 Å². The van der Waals surface area contributed by atoms with Gasteiger partial charge in [0, 0.05) is 37.9 Å². The molecule has 1 aliphatic rings. The molecule has 4 rings (SSSR count). The summed E-state index contributed by atoms with van der Waals surface area (Å²) in [7, 11) is -2.14. The standard InChI is InChI=1S/C24H29N5O3S/c1-17(2)18-7-9-21(10-8-18)33(30,31)22-16-26-24(27-23(22)25)29-13-11-28(12-14-29)19-5-4-6-20(15-19)32-3/h4-10,15-17H,11-14H2,1-3H3,(H2,25,26,27). The summed E-state index contributed by atoms with van der Waals surface area (Å²) in [5.41, 5.74) is 8.27. The van der Waals surface area contributed by atoms with Crippen LogP contribution in [0.15, 0.2) is 64.5 Å². The average Bonchev–Trinajstić information content (AvgIpc) is 2.84. The van der Waals surface area contributed by atoms with Gasteiger partial charge in [-0.25, -0.2) is 13.4 Å². The Morgan fingerprint density at radius 1 is 1.00 bits per heavy atom. The number of hydrogen-bond donors (Lipinski definition) is 1. The molecule has 0 unspecified atom stereocenters. The third kappa shape index (κ3) is 4.73. The van der Waals surface area contributed by atoms with Crippen molar-refractivity contribution in [1.82, 2.24) is 9.97 Å². The first-order valence-corrected chi connectivity index (χ1v) is 12.4. The van der Waals surface area contributed by atoms with Crippen molar-refractivity contribution in [2.24, 2.45) is 0 Å². The van der Waals surface area contributed by atoms with E-state index in [0.717, 1.165) is 30.1 Å². The average molecular weight is 468 g/mol. The van der Waals surface area contributed by atoms with Gasteiger partial charge >= 0.3 is 0 Å². The summed E-state index contributed by atoms with van der Waals surface area (Å²) in [6.45, 7) is 7.06. The molecule has 1 saturated heterocycles. The highest BCUT2D eigenvalue weighted by Crippen LogP contribution is 2.28. The molecule has 0 bridgehead atoms. The first-order valence-electron chi connectivity index (χ1n) is 10.9. The van der Waals surface area contributed by atoms with Crippen LogP contribution in [-0.2, 0) is 9.84 Å². The number of ether oxygens (including phenoxy) is 1.